The summed E-state index contributed by atoms with van der Waals surface area (Å²) in [4.78, 5) is 32.1. The van der Waals surface area contributed by atoms with Crippen LogP contribution in [0, 0.1) is 0 Å². The molecule has 0 bridgehead atoms. The predicted molar refractivity (Wildman–Crippen MR) is 526 cm³/mol. The van der Waals surface area contributed by atoms with E-state index in [-0.39, 0.29) is 22.7 Å². The van der Waals surface area contributed by atoms with Gasteiger partial charge in [0.15, 0.2) is 0 Å². The highest BCUT2D eigenvalue weighted by Crippen LogP contribution is 2.39. The number of para-hydroxylation sites is 7. The van der Waals surface area contributed by atoms with Gasteiger partial charge in [-0.25, -0.2) is 15.0 Å². The maximum atomic E-state index is 9.81. The fourth-order valence-electron chi connectivity index (χ4n) is 13.7. The Balaban J connectivity index is 0.000000126. The lowest BCUT2D eigenvalue weighted by atomic mass is 10.1. The van der Waals surface area contributed by atoms with Gasteiger partial charge < -0.3 is 52.1 Å². The average molecular weight is 2040 g/mol. The molecule has 10 heterocycles. The van der Waals surface area contributed by atoms with E-state index in [0.29, 0.717) is 5.75 Å². The van der Waals surface area contributed by atoms with Crippen LogP contribution in [0.5, 0.6) is 28.7 Å². The minimum Gasteiger partial charge on any atom is -0.508 e. The summed E-state index contributed by atoms with van der Waals surface area (Å²) < 4.78 is 31.4. The van der Waals surface area contributed by atoms with Crippen LogP contribution in [0.1, 0.15) is 0 Å². The SMILES string of the molecule is Br.Brc1ccccc1.Brc1cncc(-n2ccnc2)c1.Brc1cncc(Br)c1.CI.COc1ccc2c(c1)[nH]c1ccccc12.COc1ccc2c3ccccc3n(-c3ccccc3)c2c1.Oc1ccc2c3ccccc3n(-c3ccccc3)c2c1.c1c[nH]cn1.c1ccc(-n2c3ccccc3c3ccc(Oc4cncc(-n5ccnc5)c4)cc32)cc1. The second kappa shape index (κ2) is 43.5. The van der Waals surface area contributed by atoms with Crippen molar-refractivity contribution < 1.29 is 19.3 Å². The predicted octanol–water partition coefficient (Wildman–Crippen LogP) is 27.9. The van der Waals surface area contributed by atoms with E-state index in [1.165, 1.54) is 59.8 Å². The van der Waals surface area contributed by atoms with Crippen molar-refractivity contribution in [2.24, 2.45) is 0 Å². The highest BCUT2D eigenvalue weighted by atomic mass is 127. The van der Waals surface area contributed by atoms with Crippen molar-refractivity contribution in [2.75, 3.05) is 19.2 Å². The number of halogens is 6. The van der Waals surface area contributed by atoms with Crippen molar-refractivity contribution >= 4 is 191 Å². The number of ether oxygens (including phenoxy) is 3. The molecule has 0 radical (unpaired) electrons. The molecule has 0 aliphatic heterocycles. The molecule has 122 heavy (non-hydrogen) atoms. The summed E-state index contributed by atoms with van der Waals surface area (Å²) in [5.74, 6) is 3.49. The first-order valence-corrected chi connectivity index (χ1v) is 43.4. The molecule has 23 heteroatoms. The number of rotatable bonds is 9. The zero-order chi connectivity index (χ0) is 83.7. The van der Waals surface area contributed by atoms with E-state index in [1.807, 2.05) is 160 Å². The Morgan fingerprint density at radius 2 is 0.705 bits per heavy atom. The summed E-state index contributed by atoms with van der Waals surface area (Å²) in [6.07, 6.45) is 26.3. The molecule has 0 aliphatic carbocycles. The van der Waals surface area contributed by atoms with E-state index in [4.69, 9.17) is 14.2 Å². The third-order valence-corrected chi connectivity index (χ3v) is 20.8. The average Bonchev–Trinajstić information content (AvgIpc) is 1.57. The van der Waals surface area contributed by atoms with Crippen LogP contribution in [0.3, 0.4) is 0 Å². The topological polar surface area (TPSA) is 181 Å². The fraction of sp³-hybridized carbons (Fsp3) is 0.0303. The molecule has 0 aliphatic rings. The molecule has 22 rings (SSSR count). The van der Waals surface area contributed by atoms with Crippen LogP contribution in [-0.2, 0) is 0 Å². The summed E-state index contributed by atoms with van der Waals surface area (Å²) in [7, 11) is 3.39. The highest BCUT2D eigenvalue weighted by Gasteiger charge is 2.17. The molecule has 17 nitrogen and oxygen atoms in total. The normalized spacial score (nSPS) is 10.4. The number of hydrogen-bond donors (Lipinski definition) is 3. The Morgan fingerprint density at radius 3 is 1.14 bits per heavy atom. The van der Waals surface area contributed by atoms with Gasteiger partial charge >= 0.3 is 0 Å². The molecule has 0 saturated heterocycles. The fourth-order valence-corrected chi connectivity index (χ4v) is 15.4. The molecule has 0 amide bonds. The monoisotopic (exact) mass is 2040 g/mol. The van der Waals surface area contributed by atoms with Crippen LogP contribution in [0.15, 0.2) is 421 Å². The number of nitrogens with one attached hydrogen (secondary N) is 2. The van der Waals surface area contributed by atoms with Gasteiger partial charge in [-0.05, 0) is 186 Å². The van der Waals surface area contributed by atoms with Crippen molar-refractivity contribution in [1.82, 2.24) is 62.7 Å². The summed E-state index contributed by atoms with van der Waals surface area (Å²) in [5.41, 5.74) is 14.4. The summed E-state index contributed by atoms with van der Waals surface area (Å²) in [6, 6.07) is 105. The number of imidazole rings is 3. The van der Waals surface area contributed by atoms with Gasteiger partial charge in [0.1, 0.15) is 28.7 Å². The number of phenolic OH excluding ortho intramolecular Hbond substituents is 1. The number of phenols is 1. The maximum absolute atomic E-state index is 9.81. The number of aromatic hydroxyl groups is 1. The molecule has 10 aromatic heterocycles. The maximum Gasteiger partial charge on any atom is 0.147 e. The molecule has 22 aromatic rings. The molecule has 0 spiro atoms. The lowest BCUT2D eigenvalue weighted by molar-refractivity contribution is 0.415. The van der Waals surface area contributed by atoms with E-state index in [0.717, 1.165) is 91.0 Å². The second-order valence-electron chi connectivity index (χ2n) is 26.6. The van der Waals surface area contributed by atoms with Crippen molar-refractivity contribution in [2.45, 2.75) is 0 Å². The first-order chi connectivity index (χ1) is 59.5. The molecule has 0 atom stereocenters. The lowest BCUT2D eigenvalue weighted by Gasteiger charge is -2.10. The standard InChI is InChI=1S/C26H18N4O.C19H15NO.C18H13NO.C13H11NO.C8H6BrN3.C6H5Br.C5H3Br2N.C3H4N2.CH3I.BrH/c1-2-6-19(7-3-1)30-25-9-5-4-8-23(25)24-11-10-21(15-26(24)30)31-22-14-20(16-28-17-22)29-13-12-27-18-29;1-21-15-11-12-17-16-9-5-6-10-18(16)20(19(17)13-15)14-7-3-2-4-8-14;20-14-10-11-16-15-8-4-5-9-17(15)19(18(16)12-14)13-6-2-1-3-7-13;1-15-9-6-7-11-10-4-2-3-5-12(10)14-13(11)8-9;9-7-3-8(5-11-4-7)12-2-1-10-6-12;7-6-4-2-1-3-5-6;6-4-1-5(7)3-8-2-4;1-2-5-3-4-1;1-2;/h1-18H;2-13H,1H3;1-12,20H;2-8,14H,1H3;1-6H;1-5H;1-3H;1-3H,(H,4,5);1H3;1H. The Labute approximate surface area is 762 Å². The minimum absolute atomic E-state index is 0. The van der Waals surface area contributed by atoms with Gasteiger partial charge in [-0.3, -0.25) is 15.0 Å². The van der Waals surface area contributed by atoms with Crippen molar-refractivity contribution in [3.8, 4) is 57.2 Å². The summed E-state index contributed by atoms with van der Waals surface area (Å²) in [6.45, 7) is 0. The quantitative estimate of drug-likeness (QED) is 0.0929. The van der Waals surface area contributed by atoms with Crippen LogP contribution in [0.25, 0.3) is 116 Å². The number of methoxy groups -OCH3 is 2. The van der Waals surface area contributed by atoms with Crippen LogP contribution in [0.2, 0.25) is 0 Å². The lowest BCUT2D eigenvalue weighted by Crippen LogP contribution is -1.94. The zero-order valence-corrected chi connectivity index (χ0v) is 76.2. The third-order valence-electron chi connectivity index (χ3n) is 19.0. The molecule has 0 unspecified atom stereocenters. The van der Waals surface area contributed by atoms with Gasteiger partial charge in [-0.15, -0.1) is 17.0 Å². The van der Waals surface area contributed by atoms with Gasteiger partial charge in [-0.1, -0.05) is 184 Å². The third kappa shape index (κ3) is 21.7. The highest BCUT2D eigenvalue weighted by molar-refractivity contribution is 14.1. The zero-order valence-electron chi connectivity index (χ0n) is 66.0. The largest absolute Gasteiger partial charge is 0.508 e. The Kier molecular flexibility index (Phi) is 31.0. The van der Waals surface area contributed by atoms with Crippen LogP contribution >= 0.6 is 103 Å². The summed E-state index contributed by atoms with van der Waals surface area (Å²) >= 11 is 15.4. The molecule has 12 aromatic carbocycles. The molecular formula is C99H79Br5IN13O4. The van der Waals surface area contributed by atoms with Crippen molar-refractivity contribution in [3.05, 3.63) is 421 Å². The number of hydrogen-bond acceptors (Lipinski definition) is 10. The number of H-pyrrole nitrogens is 2. The van der Waals surface area contributed by atoms with E-state index >= 15 is 0 Å². The Morgan fingerprint density at radius 1 is 0.311 bits per heavy atom. The van der Waals surface area contributed by atoms with Crippen LogP contribution in [-0.4, -0.2) is 87.0 Å². The number of alkyl halides is 1. The minimum atomic E-state index is 0. The molecule has 0 saturated carbocycles. The van der Waals surface area contributed by atoms with E-state index < -0.39 is 0 Å². The van der Waals surface area contributed by atoms with Gasteiger partial charge in [0.05, 0.1) is 102 Å². The second-order valence-corrected chi connectivity index (χ2v) is 30.2. The molecule has 0 fully saturated rings. The Bertz CT molecular complexity index is 6990. The molecule has 3 N–H and O–H groups in total. The number of benzene rings is 12. The van der Waals surface area contributed by atoms with Crippen LogP contribution < -0.4 is 14.2 Å². The Hall–Kier alpha value is -12.8. The van der Waals surface area contributed by atoms with Gasteiger partial charge in [0.2, 0.25) is 0 Å². The van der Waals surface area contributed by atoms with Crippen molar-refractivity contribution in [1.29, 1.82) is 0 Å². The number of aromatic amines is 2. The molecule has 606 valence electrons. The number of fused-ring (bicyclic) bond motifs is 12. The van der Waals surface area contributed by atoms with E-state index in [9.17, 15) is 5.11 Å². The van der Waals surface area contributed by atoms with Gasteiger partial charge in [-0.2, -0.15) is 0 Å². The van der Waals surface area contributed by atoms with Gasteiger partial charge in [0, 0.05) is 170 Å². The van der Waals surface area contributed by atoms with Gasteiger partial charge in [0.25, 0.3) is 0 Å². The first kappa shape index (κ1) is 87.1. The van der Waals surface area contributed by atoms with Crippen molar-refractivity contribution in [3.63, 3.8) is 0 Å². The summed E-state index contributed by atoms with van der Waals surface area (Å²) in [5, 5.41) is 19.6. The smallest absolute Gasteiger partial charge is 0.147 e. The van der Waals surface area contributed by atoms with Crippen LogP contribution in [0.4, 0.5) is 0 Å². The number of pyridine rings is 3. The molecular weight excluding hydrogens is 1960 g/mol. The number of nitrogens with zero attached hydrogens (tertiary/aromatic N) is 11. The number of aromatic nitrogens is 13. The van der Waals surface area contributed by atoms with E-state index in [2.05, 4.69) is 310 Å². The van der Waals surface area contributed by atoms with E-state index in [1.54, 1.807) is 101 Å². The first-order valence-electron chi connectivity index (χ1n) is 38.0.